The van der Waals surface area contributed by atoms with Gasteiger partial charge in [0.15, 0.2) is 4.34 Å². The van der Waals surface area contributed by atoms with Crippen LogP contribution in [0.1, 0.15) is 22.4 Å². The smallest absolute Gasteiger partial charge is 0.316 e. The summed E-state index contributed by atoms with van der Waals surface area (Å²) in [6.07, 6.45) is 0. The molecule has 0 fully saturated rings. The highest BCUT2D eigenvalue weighted by atomic mass is 35.5. The molecule has 1 N–H and O–H groups in total. The summed E-state index contributed by atoms with van der Waals surface area (Å²) in [6, 6.07) is 6.99. The Bertz CT molecular complexity index is 977. The lowest BCUT2D eigenvalue weighted by Gasteiger charge is -2.03. The van der Waals surface area contributed by atoms with Crippen molar-refractivity contribution >= 4 is 63.0 Å². The van der Waals surface area contributed by atoms with Crippen molar-refractivity contribution in [3.63, 3.8) is 0 Å². The first kappa shape index (κ1) is 21.5. The number of hydrogen-bond donors (Lipinski definition) is 1. The predicted octanol–water partition coefficient (Wildman–Crippen LogP) is 4.13. The number of carbonyl (C=O) groups excluding carboxylic acids is 2. The van der Waals surface area contributed by atoms with Crippen LogP contribution in [0, 0.1) is 0 Å². The van der Waals surface area contributed by atoms with Gasteiger partial charge in [-0.25, -0.2) is 4.98 Å². The lowest BCUT2D eigenvalue weighted by Crippen LogP contribution is -2.12. The van der Waals surface area contributed by atoms with Crippen LogP contribution in [0.2, 0.25) is 5.02 Å². The summed E-state index contributed by atoms with van der Waals surface area (Å²) < 4.78 is 11.0. The van der Waals surface area contributed by atoms with Crippen molar-refractivity contribution in [1.82, 2.24) is 15.2 Å². The van der Waals surface area contributed by atoms with E-state index in [0.29, 0.717) is 31.9 Å². The zero-order chi connectivity index (χ0) is 20.6. The van der Waals surface area contributed by atoms with Gasteiger partial charge in [0, 0.05) is 10.4 Å². The summed E-state index contributed by atoms with van der Waals surface area (Å²) in [6.45, 7) is 2.32. The minimum atomic E-state index is -0.392. The first-order valence-electron chi connectivity index (χ1n) is 8.29. The molecule has 0 bridgehead atoms. The molecule has 0 saturated carbocycles. The van der Waals surface area contributed by atoms with Gasteiger partial charge in [-0.2, -0.15) is 0 Å². The zero-order valence-electron chi connectivity index (χ0n) is 15.1. The number of aromatic nitrogens is 3. The van der Waals surface area contributed by atoms with Crippen molar-refractivity contribution in [1.29, 1.82) is 0 Å². The van der Waals surface area contributed by atoms with Gasteiger partial charge in [0.05, 0.1) is 12.4 Å². The Morgan fingerprint density at radius 2 is 2.03 bits per heavy atom. The molecule has 12 heteroatoms. The fourth-order valence-electron chi connectivity index (χ4n) is 1.96. The van der Waals surface area contributed by atoms with E-state index in [1.54, 1.807) is 36.6 Å². The molecular weight excluding hydrogens is 456 g/mol. The average Bonchev–Trinajstić information content (AvgIpc) is 3.36. The van der Waals surface area contributed by atoms with Crippen molar-refractivity contribution in [3.05, 3.63) is 45.4 Å². The van der Waals surface area contributed by atoms with E-state index < -0.39 is 5.91 Å². The number of nitrogens with zero attached hydrogens (tertiary/aromatic N) is 3. The number of rotatable bonds is 9. The molecule has 0 unspecified atom stereocenters. The average molecular weight is 471 g/mol. The first-order valence-corrected chi connectivity index (χ1v) is 11.4. The third-order valence-corrected chi connectivity index (χ3v) is 6.23. The maximum atomic E-state index is 12.3. The van der Waals surface area contributed by atoms with E-state index in [4.69, 9.17) is 21.1 Å². The number of hydrogen-bond acceptors (Lipinski definition) is 10. The van der Waals surface area contributed by atoms with Crippen LogP contribution in [0.3, 0.4) is 0 Å². The number of anilines is 1. The van der Waals surface area contributed by atoms with Gasteiger partial charge in [-0.3, -0.25) is 14.9 Å². The molecule has 0 atom stereocenters. The molecule has 29 heavy (non-hydrogen) atoms. The van der Waals surface area contributed by atoms with Crippen LogP contribution in [-0.4, -0.2) is 39.4 Å². The van der Waals surface area contributed by atoms with E-state index >= 15 is 0 Å². The highest BCUT2D eigenvalue weighted by Crippen LogP contribution is 2.26. The van der Waals surface area contributed by atoms with E-state index in [1.807, 2.05) is 0 Å². The largest absolute Gasteiger partial charge is 0.486 e. The number of amides is 1. The summed E-state index contributed by atoms with van der Waals surface area (Å²) in [5, 5.41) is 13.7. The monoisotopic (exact) mass is 470 g/mol. The van der Waals surface area contributed by atoms with E-state index in [-0.39, 0.29) is 24.0 Å². The summed E-state index contributed by atoms with van der Waals surface area (Å²) in [4.78, 5) is 28.0. The van der Waals surface area contributed by atoms with Crippen molar-refractivity contribution in [2.45, 2.75) is 17.9 Å². The standard InChI is InChI=1S/C17H15ClN4O4S3/c1-2-25-14(23)9-28-17-22-21-16(29-17)20-15(24)12-8-27-13(19-12)7-26-11-5-3-10(18)4-6-11/h3-6,8H,2,7,9H2,1H3,(H,20,21,24). The molecule has 0 saturated heterocycles. The third kappa shape index (κ3) is 6.67. The van der Waals surface area contributed by atoms with Gasteiger partial charge >= 0.3 is 5.97 Å². The van der Waals surface area contributed by atoms with Gasteiger partial charge in [-0.15, -0.1) is 21.5 Å². The highest BCUT2D eigenvalue weighted by Gasteiger charge is 2.15. The van der Waals surface area contributed by atoms with Gasteiger partial charge in [0.2, 0.25) is 5.13 Å². The van der Waals surface area contributed by atoms with Gasteiger partial charge in [0.1, 0.15) is 23.1 Å². The molecule has 2 aromatic heterocycles. The number of ether oxygens (including phenoxy) is 2. The first-order chi connectivity index (χ1) is 14.0. The highest BCUT2D eigenvalue weighted by molar-refractivity contribution is 8.01. The van der Waals surface area contributed by atoms with Gasteiger partial charge < -0.3 is 9.47 Å². The van der Waals surface area contributed by atoms with E-state index in [9.17, 15) is 9.59 Å². The van der Waals surface area contributed by atoms with Gasteiger partial charge in [-0.1, -0.05) is 34.7 Å². The quantitative estimate of drug-likeness (QED) is 0.283. The zero-order valence-corrected chi connectivity index (χ0v) is 18.3. The molecule has 2 heterocycles. The van der Waals surface area contributed by atoms with E-state index in [2.05, 4.69) is 20.5 Å². The van der Waals surface area contributed by atoms with Crippen molar-refractivity contribution in [2.24, 2.45) is 0 Å². The van der Waals surface area contributed by atoms with E-state index in [0.717, 1.165) is 0 Å². The molecule has 3 aromatic rings. The molecule has 0 aliphatic rings. The summed E-state index contributed by atoms with van der Waals surface area (Å²) in [7, 11) is 0. The maximum absolute atomic E-state index is 12.3. The Balaban J connectivity index is 1.50. The van der Waals surface area contributed by atoms with Crippen LogP contribution < -0.4 is 10.1 Å². The summed E-state index contributed by atoms with van der Waals surface area (Å²) in [5.41, 5.74) is 0.264. The molecule has 1 aromatic carbocycles. The Kier molecular flexibility index (Phi) is 7.81. The molecule has 3 rings (SSSR count). The minimum absolute atomic E-state index is 0.138. The topological polar surface area (TPSA) is 103 Å². The molecule has 0 aliphatic heterocycles. The van der Waals surface area contributed by atoms with Crippen molar-refractivity contribution in [3.8, 4) is 5.75 Å². The molecule has 152 valence electrons. The molecule has 0 spiro atoms. The van der Waals surface area contributed by atoms with Gasteiger partial charge in [-0.05, 0) is 31.2 Å². The SMILES string of the molecule is CCOC(=O)CSc1nnc(NC(=O)c2csc(COc3ccc(Cl)cc3)n2)s1. The third-order valence-electron chi connectivity index (χ3n) is 3.21. The Labute approximate surface area is 183 Å². The van der Waals surface area contributed by atoms with Crippen LogP contribution in [0.5, 0.6) is 5.75 Å². The fraction of sp³-hybridized carbons (Fsp3) is 0.235. The second-order valence-corrected chi connectivity index (χ2v) is 8.87. The number of benzene rings is 1. The predicted molar refractivity (Wildman–Crippen MR) is 113 cm³/mol. The number of thiazole rings is 1. The van der Waals surface area contributed by atoms with Crippen LogP contribution in [0.15, 0.2) is 34.0 Å². The second kappa shape index (κ2) is 10.5. The van der Waals surface area contributed by atoms with Crippen LogP contribution >= 0.6 is 46.0 Å². The lowest BCUT2D eigenvalue weighted by molar-refractivity contribution is -0.139. The van der Waals surface area contributed by atoms with Crippen molar-refractivity contribution in [2.75, 3.05) is 17.7 Å². The van der Waals surface area contributed by atoms with Crippen LogP contribution in [-0.2, 0) is 16.1 Å². The molecule has 8 nitrogen and oxygen atoms in total. The summed E-state index contributed by atoms with van der Waals surface area (Å²) >= 11 is 9.53. The van der Waals surface area contributed by atoms with Crippen LogP contribution in [0.25, 0.3) is 0 Å². The maximum Gasteiger partial charge on any atom is 0.316 e. The number of thioether (sulfide) groups is 1. The van der Waals surface area contributed by atoms with Crippen LogP contribution in [0.4, 0.5) is 5.13 Å². The Morgan fingerprint density at radius 1 is 1.24 bits per heavy atom. The van der Waals surface area contributed by atoms with Crippen molar-refractivity contribution < 1.29 is 19.1 Å². The number of nitrogens with one attached hydrogen (secondary N) is 1. The summed E-state index contributed by atoms with van der Waals surface area (Å²) in [5.74, 6) is 0.0861. The number of carbonyl (C=O) groups is 2. The molecule has 0 radical (unpaired) electrons. The number of halogens is 1. The molecule has 1 amide bonds. The van der Waals surface area contributed by atoms with E-state index in [1.165, 1.54) is 34.4 Å². The fourth-order valence-corrected chi connectivity index (χ4v) is 4.32. The molecule has 0 aliphatic carbocycles. The lowest BCUT2D eigenvalue weighted by atomic mass is 10.3. The van der Waals surface area contributed by atoms with Gasteiger partial charge in [0.25, 0.3) is 5.91 Å². The number of esters is 1. The normalized spacial score (nSPS) is 10.6. The Hall–Kier alpha value is -2.21. The minimum Gasteiger partial charge on any atom is -0.486 e. The second-order valence-electron chi connectivity index (χ2n) is 5.29. The molecular formula is C17H15ClN4O4S3. The Morgan fingerprint density at radius 3 is 2.79 bits per heavy atom.